The number of nitrogens with one attached hydrogen (secondary N) is 1. The summed E-state index contributed by atoms with van der Waals surface area (Å²) in [5.41, 5.74) is 6.80. The van der Waals surface area contributed by atoms with E-state index in [1.54, 1.807) is 0 Å². The van der Waals surface area contributed by atoms with E-state index in [4.69, 9.17) is 5.73 Å². The Balaban J connectivity index is 0.00000110. The molecule has 21 heavy (non-hydrogen) atoms. The first-order valence-electron chi connectivity index (χ1n) is 7.03. The lowest BCUT2D eigenvalue weighted by molar-refractivity contribution is 0.196. The fraction of sp³-hybridized carbons (Fsp3) is 0.692. The predicted molar refractivity (Wildman–Crippen MR) is 90.7 cm³/mol. The molecule has 2 fully saturated rings. The molecule has 1 unspecified atom stereocenters. The lowest BCUT2D eigenvalue weighted by Crippen LogP contribution is -2.51. The number of hydrogen-bond donors (Lipinski definition) is 2. The summed E-state index contributed by atoms with van der Waals surface area (Å²) in [5, 5.41) is 3.44. The minimum atomic E-state index is 0. The van der Waals surface area contributed by atoms with E-state index in [-0.39, 0.29) is 24.8 Å². The zero-order valence-electron chi connectivity index (χ0n) is 12.3. The molecule has 0 aromatic carbocycles. The number of nitrogen functional groups attached to an aromatic ring is 1. The van der Waals surface area contributed by atoms with Gasteiger partial charge in [0, 0.05) is 50.5 Å². The third-order valence-corrected chi connectivity index (χ3v) is 4.13. The highest BCUT2D eigenvalue weighted by molar-refractivity contribution is 5.85. The molecule has 120 valence electrons. The van der Waals surface area contributed by atoms with Crippen molar-refractivity contribution >= 4 is 36.6 Å². The van der Waals surface area contributed by atoms with E-state index in [0.717, 1.165) is 56.7 Å². The second kappa shape index (κ2) is 7.98. The highest BCUT2D eigenvalue weighted by Gasteiger charge is 2.26. The Kier molecular flexibility index (Phi) is 6.93. The fourth-order valence-corrected chi connectivity index (χ4v) is 3.02. The summed E-state index contributed by atoms with van der Waals surface area (Å²) >= 11 is 0. The summed E-state index contributed by atoms with van der Waals surface area (Å²) in [6, 6.07) is 0.721. The van der Waals surface area contributed by atoms with Gasteiger partial charge in [-0.15, -0.1) is 24.8 Å². The number of aryl methyl sites for hydroxylation is 1. The summed E-state index contributed by atoms with van der Waals surface area (Å²) in [6.07, 6.45) is 3.09. The smallest absolute Gasteiger partial charge is 0.221 e. The van der Waals surface area contributed by atoms with Crippen molar-refractivity contribution in [2.45, 2.75) is 19.4 Å². The summed E-state index contributed by atoms with van der Waals surface area (Å²) in [6.45, 7) is 8.60. The van der Waals surface area contributed by atoms with Crippen LogP contribution in [0.15, 0.2) is 6.20 Å². The molecule has 8 heteroatoms. The van der Waals surface area contributed by atoms with E-state index in [0.29, 0.717) is 5.95 Å². The van der Waals surface area contributed by atoms with Crippen LogP contribution in [0, 0.1) is 6.92 Å². The lowest BCUT2D eigenvalue weighted by Gasteiger charge is -2.38. The highest BCUT2D eigenvalue weighted by atomic mass is 35.5. The van der Waals surface area contributed by atoms with Crippen LogP contribution in [0.25, 0.3) is 0 Å². The normalized spacial score (nSPS) is 22.5. The van der Waals surface area contributed by atoms with E-state index >= 15 is 0 Å². The third kappa shape index (κ3) is 4.10. The van der Waals surface area contributed by atoms with Gasteiger partial charge >= 0.3 is 0 Å². The van der Waals surface area contributed by atoms with E-state index in [1.165, 1.54) is 6.42 Å². The molecule has 2 aliphatic rings. The molecular formula is C13H24Cl2N6. The van der Waals surface area contributed by atoms with E-state index < -0.39 is 0 Å². The molecule has 0 aliphatic carbocycles. The van der Waals surface area contributed by atoms with E-state index in [1.807, 2.05) is 13.1 Å². The molecule has 6 nitrogen and oxygen atoms in total. The molecule has 0 spiro atoms. The standard InChI is InChI=1S/C13H22N6.2ClH/c1-10-8-16-13(14)17-12(10)19-6-4-18(5-7-19)11-2-3-15-9-11;;/h8,11,15H,2-7,9H2,1H3,(H2,14,16,17);2*1H. The van der Waals surface area contributed by atoms with Crippen LogP contribution in [0.4, 0.5) is 11.8 Å². The summed E-state index contributed by atoms with van der Waals surface area (Å²) in [7, 11) is 0. The molecule has 0 amide bonds. The van der Waals surface area contributed by atoms with Crippen LogP contribution in [0.2, 0.25) is 0 Å². The lowest BCUT2D eigenvalue weighted by atomic mass is 10.2. The Hall–Kier alpha value is -0.820. The average Bonchev–Trinajstić information content (AvgIpc) is 2.96. The molecule has 1 aromatic rings. The first-order chi connectivity index (χ1) is 9.24. The first-order valence-corrected chi connectivity index (χ1v) is 7.03. The Morgan fingerprint density at radius 3 is 2.57 bits per heavy atom. The van der Waals surface area contributed by atoms with E-state index in [2.05, 4.69) is 25.1 Å². The Morgan fingerprint density at radius 2 is 1.95 bits per heavy atom. The van der Waals surface area contributed by atoms with Crippen molar-refractivity contribution in [2.75, 3.05) is 49.9 Å². The third-order valence-electron chi connectivity index (χ3n) is 4.13. The van der Waals surface area contributed by atoms with Gasteiger partial charge in [0.05, 0.1) is 0 Å². The number of rotatable bonds is 2. The number of halogens is 2. The quantitative estimate of drug-likeness (QED) is 0.829. The highest BCUT2D eigenvalue weighted by Crippen LogP contribution is 2.20. The molecule has 0 radical (unpaired) electrons. The summed E-state index contributed by atoms with van der Waals surface area (Å²) in [5.74, 6) is 1.36. The number of aromatic nitrogens is 2. The molecule has 1 aromatic heterocycles. The van der Waals surface area contributed by atoms with Crippen molar-refractivity contribution in [3.63, 3.8) is 0 Å². The minimum Gasteiger partial charge on any atom is -0.368 e. The van der Waals surface area contributed by atoms with Crippen LogP contribution in [-0.4, -0.2) is 60.2 Å². The minimum absolute atomic E-state index is 0. The van der Waals surface area contributed by atoms with Gasteiger partial charge < -0.3 is 16.0 Å². The van der Waals surface area contributed by atoms with Crippen molar-refractivity contribution in [3.05, 3.63) is 11.8 Å². The van der Waals surface area contributed by atoms with Gasteiger partial charge in [0.2, 0.25) is 5.95 Å². The van der Waals surface area contributed by atoms with Gasteiger partial charge in [-0.25, -0.2) is 4.98 Å². The molecule has 0 bridgehead atoms. The first kappa shape index (κ1) is 18.2. The number of nitrogens with two attached hydrogens (primary N) is 1. The number of hydrogen-bond acceptors (Lipinski definition) is 6. The van der Waals surface area contributed by atoms with Crippen molar-refractivity contribution in [1.82, 2.24) is 20.2 Å². The van der Waals surface area contributed by atoms with Gasteiger partial charge in [-0.1, -0.05) is 0 Å². The molecule has 1 atom stereocenters. The second-order valence-electron chi connectivity index (χ2n) is 5.40. The van der Waals surface area contributed by atoms with Crippen LogP contribution in [0.5, 0.6) is 0 Å². The van der Waals surface area contributed by atoms with Crippen LogP contribution >= 0.6 is 24.8 Å². The van der Waals surface area contributed by atoms with E-state index in [9.17, 15) is 0 Å². The zero-order valence-corrected chi connectivity index (χ0v) is 13.9. The number of nitrogens with zero attached hydrogens (tertiary/aromatic N) is 4. The summed E-state index contributed by atoms with van der Waals surface area (Å²) in [4.78, 5) is 13.3. The maximum absolute atomic E-state index is 5.69. The van der Waals surface area contributed by atoms with Gasteiger partial charge in [0.25, 0.3) is 0 Å². The van der Waals surface area contributed by atoms with Crippen LogP contribution in [0.1, 0.15) is 12.0 Å². The molecule has 2 saturated heterocycles. The zero-order chi connectivity index (χ0) is 13.2. The molecule has 2 aliphatic heterocycles. The average molecular weight is 335 g/mol. The monoisotopic (exact) mass is 334 g/mol. The van der Waals surface area contributed by atoms with Gasteiger partial charge in [0.1, 0.15) is 5.82 Å². The Bertz CT molecular complexity index is 444. The molecular weight excluding hydrogens is 311 g/mol. The second-order valence-corrected chi connectivity index (χ2v) is 5.40. The largest absolute Gasteiger partial charge is 0.368 e. The van der Waals surface area contributed by atoms with Crippen molar-refractivity contribution in [1.29, 1.82) is 0 Å². The van der Waals surface area contributed by atoms with Crippen LogP contribution < -0.4 is 16.0 Å². The molecule has 0 saturated carbocycles. The van der Waals surface area contributed by atoms with Crippen molar-refractivity contribution in [2.24, 2.45) is 0 Å². The maximum Gasteiger partial charge on any atom is 0.221 e. The topological polar surface area (TPSA) is 70.3 Å². The predicted octanol–water partition coefficient (Wildman–Crippen LogP) is 0.695. The fourth-order valence-electron chi connectivity index (χ4n) is 3.02. The SMILES string of the molecule is Cc1cnc(N)nc1N1CCN(C2CCNC2)CC1.Cl.Cl. The molecule has 3 heterocycles. The van der Waals surface area contributed by atoms with Crippen LogP contribution in [-0.2, 0) is 0 Å². The van der Waals surface area contributed by atoms with Gasteiger partial charge in [-0.3, -0.25) is 4.90 Å². The maximum atomic E-state index is 5.69. The van der Waals surface area contributed by atoms with Gasteiger partial charge in [0.15, 0.2) is 0 Å². The Morgan fingerprint density at radius 1 is 1.24 bits per heavy atom. The molecule has 3 N–H and O–H groups in total. The number of anilines is 2. The Labute approximate surface area is 138 Å². The van der Waals surface area contributed by atoms with Crippen LogP contribution in [0.3, 0.4) is 0 Å². The van der Waals surface area contributed by atoms with Crippen molar-refractivity contribution in [3.8, 4) is 0 Å². The molecule has 3 rings (SSSR count). The van der Waals surface area contributed by atoms with Gasteiger partial charge in [-0.2, -0.15) is 4.98 Å². The van der Waals surface area contributed by atoms with Crippen molar-refractivity contribution < 1.29 is 0 Å². The van der Waals surface area contributed by atoms with Gasteiger partial charge in [-0.05, 0) is 19.9 Å². The number of piperazine rings is 1. The summed E-state index contributed by atoms with van der Waals surface area (Å²) < 4.78 is 0.